The van der Waals surface area contributed by atoms with Crippen LogP contribution in [0.5, 0.6) is 11.5 Å². The van der Waals surface area contributed by atoms with Gasteiger partial charge in [-0.15, -0.1) is 18.3 Å². The maximum absolute atomic E-state index is 13.1. The van der Waals surface area contributed by atoms with E-state index in [9.17, 15) is 18.0 Å². The summed E-state index contributed by atoms with van der Waals surface area (Å²) >= 11 is 1.59. The number of amides is 2. The SMILES string of the molecule is COc1ccc(C(C)C)c(N2CCCS/C2=N\C(=O)NC2CC2c2ccc(-c3ncn(-c4ccc(OC(F)(F)F)cc4)n3)cc2)c1. The first-order chi connectivity index (χ1) is 22.1. The van der Waals surface area contributed by atoms with Crippen LogP contribution >= 0.6 is 11.8 Å². The quantitative estimate of drug-likeness (QED) is 0.211. The van der Waals surface area contributed by atoms with Crippen LogP contribution in [-0.4, -0.2) is 57.8 Å². The maximum Gasteiger partial charge on any atom is 0.573 e. The van der Waals surface area contributed by atoms with E-state index in [1.807, 2.05) is 36.4 Å². The number of nitrogens with zero attached hydrogens (tertiary/aromatic N) is 5. The van der Waals surface area contributed by atoms with Gasteiger partial charge in [0.1, 0.15) is 17.8 Å². The summed E-state index contributed by atoms with van der Waals surface area (Å²) in [5.74, 6) is 2.32. The van der Waals surface area contributed by atoms with Gasteiger partial charge in [0, 0.05) is 41.6 Å². The first-order valence-corrected chi connectivity index (χ1v) is 15.9. The number of aromatic nitrogens is 3. The maximum atomic E-state index is 13.1. The van der Waals surface area contributed by atoms with E-state index in [4.69, 9.17) is 4.74 Å². The molecule has 4 aromatic rings. The first-order valence-electron chi connectivity index (χ1n) is 14.9. The Balaban J connectivity index is 1.08. The van der Waals surface area contributed by atoms with Gasteiger partial charge in [0.05, 0.1) is 12.8 Å². The van der Waals surface area contributed by atoms with Crippen molar-refractivity contribution in [1.82, 2.24) is 20.1 Å². The molecule has 0 bridgehead atoms. The van der Waals surface area contributed by atoms with E-state index >= 15 is 0 Å². The van der Waals surface area contributed by atoms with Crippen molar-refractivity contribution in [3.63, 3.8) is 0 Å². The number of carbonyl (C=O) groups is 1. The second-order valence-electron chi connectivity index (χ2n) is 11.4. The van der Waals surface area contributed by atoms with Crippen LogP contribution in [-0.2, 0) is 0 Å². The fourth-order valence-corrected chi connectivity index (χ4v) is 6.40. The van der Waals surface area contributed by atoms with Crippen molar-refractivity contribution in [2.75, 3.05) is 24.3 Å². The van der Waals surface area contributed by atoms with E-state index in [1.54, 1.807) is 18.9 Å². The molecule has 1 saturated heterocycles. The summed E-state index contributed by atoms with van der Waals surface area (Å²) in [5, 5.41) is 8.23. The Morgan fingerprint density at radius 2 is 1.80 bits per heavy atom. The van der Waals surface area contributed by atoms with Crippen molar-refractivity contribution < 1.29 is 27.4 Å². The lowest BCUT2D eigenvalue weighted by atomic mass is 10.00. The predicted octanol–water partition coefficient (Wildman–Crippen LogP) is 7.53. The van der Waals surface area contributed by atoms with Crippen molar-refractivity contribution in [3.8, 4) is 28.6 Å². The van der Waals surface area contributed by atoms with Gasteiger partial charge in [-0.1, -0.05) is 55.9 Å². The number of rotatable bonds is 8. The molecule has 2 heterocycles. The minimum atomic E-state index is -4.75. The van der Waals surface area contributed by atoms with Crippen molar-refractivity contribution in [2.24, 2.45) is 4.99 Å². The minimum absolute atomic E-state index is 0.00517. The summed E-state index contributed by atoms with van der Waals surface area (Å²) in [7, 11) is 1.65. The molecule has 2 atom stereocenters. The van der Waals surface area contributed by atoms with Gasteiger partial charge in [0.15, 0.2) is 11.0 Å². The van der Waals surface area contributed by atoms with E-state index < -0.39 is 6.36 Å². The molecule has 2 amide bonds. The molecular formula is C33H33F3N6O3S. The highest BCUT2D eigenvalue weighted by Crippen LogP contribution is 2.41. The average molecular weight is 651 g/mol. The summed E-state index contributed by atoms with van der Waals surface area (Å²) in [6.45, 7) is 5.08. The Labute approximate surface area is 268 Å². The highest BCUT2D eigenvalue weighted by molar-refractivity contribution is 8.14. The van der Waals surface area contributed by atoms with Crippen molar-refractivity contribution in [3.05, 3.63) is 84.2 Å². The number of alkyl halides is 3. The zero-order valence-corrected chi connectivity index (χ0v) is 26.3. The molecule has 1 aliphatic carbocycles. The monoisotopic (exact) mass is 650 g/mol. The highest BCUT2D eigenvalue weighted by atomic mass is 32.2. The average Bonchev–Trinajstić information content (AvgIpc) is 3.61. The van der Waals surface area contributed by atoms with E-state index in [1.165, 1.54) is 40.8 Å². The number of carbonyl (C=O) groups excluding carboxylic acids is 1. The zero-order valence-electron chi connectivity index (χ0n) is 25.5. The molecule has 9 nitrogen and oxygen atoms in total. The van der Waals surface area contributed by atoms with Gasteiger partial charge in [-0.05, 0) is 60.2 Å². The number of aliphatic imine (C=N–C) groups is 1. The van der Waals surface area contributed by atoms with Crippen LogP contribution in [0.2, 0.25) is 0 Å². The summed E-state index contributed by atoms with van der Waals surface area (Å²) in [5.41, 5.74) is 4.62. The van der Waals surface area contributed by atoms with Crippen LogP contribution in [0.4, 0.5) is 23.7 Å². The third-order valence-electron chi connectivity index (χ3n) is 7.86. The lowest BCUT2D eigenvalue weighted by Gasteiger charge is -2.32. The molecule has 0 spiro atoms. The first kappa shape index (κ1) is 31.5. The second kappa shape index (κ2) is 13.1. The molecular weight excluding hydrogens is 617 g/mol. The molecule has 0 radical (unpaired) electrons. The molecule has 2 fully saturated rings. The number of thioether (sulfide) groups is 1. The number of hydrogen-bond acceptors (Lipinski definition) is 6. The number of hydrogen-bond donors (Lipinski definition) is 1. The summed E-state index contributed by atoms with van der Waals surface area (Å²) in [4.78, 5) is 24.0. The highest BCUT2D eigenvalue weighted by Gasteiger charge is 2.40. The second-order valence-corrected chi connectivity index (χ2v) is 12.5. The van der Waals surface area contributed by atoms with Crippen LogP contribution in [0.3, 0.4) is 0 Å². The molecule has 1 aliphatic heterocycles. The minimum Gasteiger partial charge on any atom is -0.497 e. The Morgan fingerprint density at radius 1 is 1.07 bits per heavy atom. The van der Waals surface area contributed by atoms with E-state index in [0.717, 1.165) is 47.7 Å². The van der Waals surface area contributed by atoms with Crippen LogP contribution < -0.4 is 19.7 Å². The molecule has 2 unspecified atom stereocenters. The van der Waals surface area contributed by atoms with E-state index in [0.29, 0.717) is 22.6 Å². The number of amidine groups is 1. The Morgan fingerprint density at radius 3 is 2.50 bits per heavy atom. The van der Waals surface area contributed by atoms with Gasteiger partial charge in [-0.25, -0.2) is 14.5 Å². The fraction of sp³-hybridized carbons (Fsp3) is 0.333. The number of halogens is 3. The molecule has 3 aromatic carbocycles. The fourth-order valence-electron chi connectivity index (χ4n) is 5.45. The summed E-state index contributed by atoms with van der Waals surface area (Å²) in [6.07, 6.45) is -1.44. The van der Waals surface area contributed by atoms with Gasteiger partial charge < -0.3 is 19.7 Å². The van der Waals surface area contributed by atoms with Gasteiger partial charge in [-0.3, -0.25) is 0 Å². The van der Waals surface area contributed by atoms with Gasteiger partial charge in [-0.2, -0.15) is 4.99 Å². The number of methoxy groups -OCH3 is 1. The van der Waals surface area contributed by atoms with Crippen LogP contribution in [0.1, 0.15) is 49.7 Å². The lowest BCUT2D eigenvalue weighted by molar-refractivity contribution is -0.274. The molecule has 1 aromatic heterocycles. The molecule has 240 valence electrons. The number of ether oxygens (including phenoxy) is 2. The zero-order chi connectivity index (χ0) is 32.4. The van der Waals surface area contributed by atoms with Crippen LogP contribution in [0.15, 0.2) is 78.0 Å². The molecule has 46 heavy (non-hydrogen) atoms. The predicted molar refractivity (Wildman–Crippen MR) is 172 cm³/mol. The standard InChI is InChI=1S/C33H33F3N6O3S/c1-20(2)26-14-13-25(44-3)17-29(26)41-15-4-16-46-32(41)39-31(43)38-28-18-27(28)21-5-7-22(8-6-21)30-37-19-42(40-30)23-9-11-24(12-10-23)45-33(34,35)36/h5-14,17,19-20,27-28H,4,15-16,18H2,1-3H3,(H,38,43)/b39-32-. The number of benzene rings is 3. The van der Waals surface area contributed by atoms with E-state index in [-0.39, 0.29) is 23.7 Å². The largest absolute Gasteiger partial charge is 0.573 e. The number of anilines is 1. The third kappa shape index (κ3) is 7.30. The Bertz CT molecular complexity index is 1720. The number of nitrogens with one attached hydrogen (secondary N) is 1. The lowest BCUT2D eigenvalue weighted by Crippen LogP contribution is -2.36. The van der Waals surface area contributed by atoms with Crippen molar-refractivity contribution >= 4 is 28.6 Å². The molecule has 1 saturated carbocycles. The van der Waals surface area contributed by atoms with Gasteiger partial charge in [0.25, 0.3) is 0 Å². The van der Waals surface area contributed by atoms with Crippen LogP contribution in [0.25, 0.3) is 17.1 Å². The molecule has 1 N–H and O–H groups in total. The van der Waals surface area contributed by atoms with Crippen LogP contribution in [0, 0.1) is 0 Å². The third-order valence-corrected chi connectivity index (χ3v) is 8.92. The number of urea groups is 1. The summed E-state index contributed by atoms with van der Waals surface area (Å²) < 4.78 is 48.2. The van der Waals surface area contributed by atoms with Crippen molar-refractivity contribution in [2.45, 2.75) is 50.9 Å². The summed E-state index contributed by atoms with van der Waals surface area (Å²) in [6, 6.07) is 18.9. The molecule has 6 rings (SSSR count). The molecule has 13 heteroatoms. The normalized spacial score (nSPS) is 18.9. The Hall–Kier alpha value is -4.52. The smallest absolute Gasteiger partial charge is 0.497 e. The van der Waals surface area contributed by atoms with E-state index in [2.05, 4.69) is 49.9 Å². The van der Waals surface area contributed by atoms with Crippen molar-refractivity contribution in [1.29, 1.82) is 0 Å². The topological polar surface area (TPSA) is 93.9 Å². The molecule has 2 aliphatic rings. The van der Waals surface area contributed by atoms with Gasteiger partial charge >= 0.3 is 12.4 Å². The van der Waals surface area contributed by atoms with Gasteiger partial charge in [0.2, 0.25) is 0 Å². The Kier molecular flexibility index (Phi) is 8.94.